The molecule has 3 N–H and O–H groups in total. The van der Waals surface area contributed by atoms with Crippen LogP contribution in [0.5, 0.6) is 5.75 Å². The Hall–Kier alpha value is -3.71. The van der Waals surface area contributed by atoms with Crippen LogP contribution < -0.4 is 0 Å². The number of aliphatic hydroxyl groups is 1. The molecule has 1 fully saturated rings. The lowest BCUT2D eigenvalue weighted by molar-refractivity contribution is 0.0249. The summed E-state index contributed by atoms with van der Waals surface area (Å²) in [5.74, 6) is -2.31. The van der Waals surface area contributed by atoms with Crippen molar-refractivity contribution in [2.75, 3.05) is 0 Å². The van der Waals surface area contributed by atoms with E-state index in [1.807, 2.05) is 11.5 Å². The second-order valence-corrected chi connectivity index (χ2v) is 9.32. The van der Waals surface area contributed by atoms with Gasteiger partial charge in [0.15, 0.2) is 0 Å². The number of carboxylic acid groups (broad SMARTS) is 1. The minimum atomic E-state index is -1.06. The van der Waals surface area contributed by atoms with Crippen LogP contribution in [0.1, 0.15) is 41.4 Å². The topological polar surface area (TPSA) is 82.7 Å². The van der Waals surface area contributed by atoms with Gasteiger partial charge < -0.3 is 19.9 Å². The zero-order chi connectivity index (χ0) is 24.4. The third-order valence-corrected chi connectivity index (χ3v) is 6.78. The van der Waals surface area contributed by atoms with Gasteiger partial charge in [0.25, 0.3) is 0 Å². The molecule has 7 heteroatoms. The molecule has 1 heterocycles. The van der Waals surface area contributed by atoms with Gasteiger partial charge in [-0.3, -0.25) is 0 Å². The van der Waals surface area contributed by atoms with Gasteiger partial charge in [0.2, 0.25) is 0 Å². The quantitative estimate of drug-likeness (QED) is 0.363. The first-order valence-corrected chi connectivity index (χ1v) is 10.9. The SMILES string of the molecule is Cc1cc(-n2c(C3(C)CC(O)C3)c(-c3ccc(C(=O)O)cc3)c3c(O)cc(F)cc32)ccc1F. The monoisotopic (exact) mass is 463 g/mol. The number of aryl methyl sites for hydroxylation is 1. The number of phenolic OH excluding ortho intramolecular Hbond substituents is 1. The van der Waals surface area contributed by atoms with E-state index in [1.54, 1.807) is 31.2 Å². The van der Waals surface area contributed by atoms with Crippen LogP contribution in [-0.2, 0) is 5.41 Å². The molecule has 1 saturated carbocycles. The number of hydrogen-bond donors (Lipinski definition) is 3. The van der Waals surface area contributed by atoms with E-state index in [-0.39, 0.29) is 17.1 Å². The largest absolute Gasteiger partial charge is 0.507 e. The molecule has 0 aliphatic heterocycles. The fraction of sp³-hybridized carbons (Fsp3) is 0.222. The summed E-state index contributed by atoms with van der Waals surface area (Å²) in [5.41, 5.74) is 3.01. The van der Waals surface area contributed by atoms with Crippen LogP contribution in [0.3, 0.4) is 0 Å². The highest BCUT2D eigenvalue weighted by Crippen LogP contribution is 2.52. The van der Waals surface area contributed by atoms with Crippen LogP contribution >= 0.6 is 0 Å². The van der Waals surface area contributed by atoms with E-state index >= 15 is 0 Å². The Balaban J connectivity index is 1.92. The van der Waals surface area contributed by atoms with Crippen molar-refractivity contribution in [1.82, 2.24) is 4.57 Å². The molecule has 1 aromatic heterocycles. The maximum absolute atomic E-state index is 14.5. The summed E-state index contributed by atoms with van der Waals surface area (Å²) in [6, 6.07) is 13.2. The molecule has 4 aromatic rings. The number of halogens is 2. The first kappa shape index (κ1) is 22.1. The van der Waals surface area contributed by atoms with Gasteiger partial charge in [-0.15, -0.1) is 0 Å². The second-order valence-electron chi connectivity index (χ2n) is 9.32. The average molecular weight is 463 g/mol. The average Bonchev–Trinajstić information content (AvgIpc) is 3.10. The lowest BCUT2D eigenvalue weighted by Crippen LogP contribution is -2.43. The minimum absolute atomic E-state index is 0.115. The first-order valence-electron chi connectivity index (χ1n) is 10.9. The number of nitrogens with zero attached hydrogens (tertiary/aromatic N) is 1. The van der Waals surface area contributed by atoms with Crippen molar-refractivity contribution in [3.8, 4) is 22.6 Å². The van der Waals surface area contributed by atoms with Crippen molar-refractivity contribution in [3.05, 3.63) is 83.1 Å². The number of aliphatic hydroxyl groups excluding tert-OH is 1. The zero-order valence-corrected chi connectivity index (χ0v) is 18.6. The summed E-state index contributed by atoms with van der Waals surface area (Å²) in [7, 11) is 0. The van der Waals surface area contributed by atoms with Crippen LogP contribution in [-0.4, -0.2) is 32.0 Å². The summed E-state index contributed by atoms with van der Waals surface area (Å²) in [6.07, 6.45) is 0.402. The van der Waals surface area contributed by atoms with Crippen molar-refractivity contribution in [2.24, 2.45) is 0 Å². The molecular formula is C27H23F2NO4. The normalized spacial score (nSPS) is 19.9. The number of aromatic carboxylic acids is 1. The highest BCUT2D eigenvalue weighted by molar-refractivity contribution is 6.04. The standard InChI is InChI=1S/C27H23F2NO4/c1-14-9-18(7-8-20(14)29)30-21-10-17(28)11-22(32)24(21)23(25(30)27(2)12-19(31)13-27)15-3-5-16(6-4-15)26(33)34/h3-11,19,31-32H,12-13H2,1-2H3,(H,33,34). The Kier molecular flexibility index (Phi) is 4.98. The number of benzene rings is 3. The molecular weight excluding hydrogens is 440 g/mol. The number of carbonyl (C=O) groups is 1. The van der Waals surface area contributed by atoms with E-state index in [9.17, 15) is 28.9 Å². The Morgan fingerprint density at radius 2 is 1.74 bits per heavy atom. The molecule has 0 radical (unpaired) electrons. The third-order valence-electron chi connectivity index (χ3n) is 6.78. The molecule has 5 rings (SSSR count). The minimum Gasteiger partial charge on any atom is -0.507 e. The van der Waals surface area contributed by atoms with Gasteiger partial charge in [0, 0.05) is 28.4 Å². The molecule has 5 nitrogen and oxygen atoms in total. The number of phenols is 1. The van der Waals surface area contributed by atoms with E-state index in [4.69, 9.17) is 0 Å². The van der Waals surface area contributed by atoms with Gasteiger partial charge in [-0.25, -0.2) is 13.6 Å². The summed E-state index contributed by atoms with van der Waals surface area (Å²) < 4.78 is 30.5. The molecule has 0 spiro atoms. The van der Waals surface area contributed by atoms with Gasteiger partial charge in [-0.1, -0.05) is 19.1 Å². The van der Waals surface area contributed by atoms with E-state index in [2.05, 4.69) is 0 Å². The van der Waals surface area contributed by atoms with Gasteiger partial charge in [-0.2, -0.15) is 0 Å². The molecule has 0 unspecified atom stereocenters. The van der Waals surface area contributed by atoms with Crippen molar-refractivity contribution >= 4 is 16.9 Å². The van der Waals surface area contributed by atoms with E-state index < -0.39 is 23.3 Å². The molecule has 3 aromatic carbocycles. The Morgan fingerprint density at radius 3 is 2.32 bits per heavy atom. The van der Waals surface area contributed by atoms with Crippen LogP contribution in [0.15, 0.2) is 54.6 Å². The summed E-state index contributed by atoms with van der Waals surface area (Å²) in [5, 5.41) is 30.8. The Bertz CT molecular complexity index is 1450. The van der Waals surface area contributed by atoms with Crippen LogP contribution in [0.4, 0.5) is 8.78 Å². The molecule has 1 aliphatic rings. The number of fused-ring (bicyclic) bond motifs is 1. The predicted molar refractivity (Wildman–Crippen MR) is 125 cm³/mol. The number of hydrogen-bond acceptors (Lipinski definition) is 3. The van der Waals surface area contributed by atoms with Gasteiger partial charge in [0.05, 0.1) is 22.6 Å². The number of rotatable bonds is 4. The summed E-state index contributed by atoms with van der Waals surface area (Å²) >= 11 is 0. The number of aromatic nitrogens is 1. The molecule has 0 amide bonds. The molecule has 0 atom stereocenters. The summed E-state index contributed by atoms with van der Waals surface area (Å²) in [4.78, 5) is 11.4. The maximum atomic E-state index is 14.5. The lowest BCUT2D eigenvalue weighted by Gasteiger charge is -2.44. The van der Waals surface area contributed by atoms with Gasteiger partial charge in [-0.05, 0) is 67.3 Å². The second kappa shape index (κ2) is 7.67. The van der Waals surface area contributed by atoms with Crippen molar-refractivity contribution in [1.29, 1.82) is 0 Å². The molecule has 1 aliphatic carbocycles. The Morgan fingerprint density at radius 1 is 1.06 bits per heavy atom. The van der Waals surface area contributed by atoms with Crippen LogP contribution in [0.25, 0.3) is 27.7 Å². The molecule has 174 valence electrons. The molecule has 34 heavy (non-hydrogen) atoms. The fourth-order valence-corrected chi connectivity index (χ4v) is 5.20. The third kappa shape index (κ3) is 3.35. The van der Waals surface area contributed by atoms with Crippen molar-refractivity contribution < 1.29 is 28.9 Å². The smallest absolute Gasteiger partial charge is 0.335 e. The molecule has 0 saturated heterocycles. The predicted octanol–water partition coefficient (Wildman–Crippen LogP) is 5.70. The first-order chi connectivity index (χ1) is 16.1. The van der Waals surface area contributed by atoms with E-state index in [0.29, 0.717) is 46.1 Å². The lowest BCUT2D eigenvalue weighted by atomic mass is 9.64. The maximum Gasteiger partial charge on any atom is 0.335 e. The van der Waals surface area contributed by atoms with E-state index in [1.165, 1.54) is 24.3 Å². The highest BCUT2D eigenvalue weighted by atomic mass is 19.1. The number of aromatic hydroxyl groups is 1. The zero-order valence-electron chi connectivity index (χ0n) is 18.6. The Labute approximate surface area is 194 Å². The van der Waals surface area contributed by atoms with Gasteiger partial charge in [0.1, 0.15) is 17.4 Å². The van der Waals surface area contributed by atoms with E-state index in [0.717, 1.165) is 11.8 Å². The molecule has 0 bridgehead atoms. The fourth-order valence-electron chi connectivity index (χ4n) is 5.20. The number of carboxylic acids is 1. The van der Waals surface area contributed by atoms with Crippen LogP contribution in [0.2, 0.25) is 0 Å². The van der Waals surface area contributed by atoms with Crippen molar-refractivity contribution in [3.63, 3.8) is 0 Å². The van der Waals surface area contributed by atoms with Gasteiger partial charge >= 0.3 is 5.97 Å². The summed E-state index contributed by atoms with van der Waals surface area (Å²) in [6.45, 7) is 3.63. The van der Waals surface area contributed by atoms with Crippen LogP contribution in [0, 0.1) is 18.6 Å². The highest BCUT2D eigenvalue weighted by Gasteiger charge is 2.45. The van der Waals surface area contributed by atoms with Crippen molar-refractivity contribution in [2.45, 2.75) is 38.2 Å².